The number of thiocarbonyl (C=S) groups is 1. The largest absolute Gasteiger partial charge is 0.503 e. The van der Waals surface area contributed by atoms with Crippen molar-refractivity contribution in [1.29, 1.82) is 0 Å². The van der Waals surface area contributed by atoms with Crippen LogP contribution >= 0.6 is 39.9 Å². The van der Waals surface area contributed by atoms with Gasteiger partial charge in [0.1, 0.15) is 4.32 Å². The molecule has 0 aliphatic carbocycles. The maximum atomic E-state index is 12.2. The van der Waals surface area contributed by atoms with Crippen molar-refractivity contribution in [3.8, 4) is 11.5 Å². The number of carbonyl (C=O) groups is 1. The molecule has 0 aromatic heterocycles. The third-order valence-corrected chi connectivity index (χ3v) is 4.74. The van der Waals surface area contributed by atoms with Crippen molar-refractivity contribution in [3.63, 3.8) is 0 Å². The van der Waals surface area contributed by atoms with Crippen molar-refractivity contribution in [3.05, 3.63) is 39.7 Å². The van der Waals surface area contributed by atoms with Crippen LogP contribution < -0.4 is 4.74 Å². The molecule has 4 nitrogen and oxygen atoms in total. The first-order valence-electron chi connectivity index (χ1n) is 5.90. The monoisotopic (exact) mass is 385 g/mol. The Morgan fingerprint density at radius 2 is 2.29 bits per heavy atom. The van der Waals surface area contributed by atoms with Gasteiger partial charge in [-0.2, -0.15) is 0 Å². The fraction of sp³-hybridized carbons (Fsp3) is 0.143. The average Bonchev–Trinajstić information content (AvgIpc) is 2.70. The lowest BCUT2D eigenvalue weighted by Gasteiger charge is -2.10. The summed E-state index contributed by atoms with van der Waals surface area (Å²) < 4.78 is 6.09. The predicted octanol–water partition coefficient (Wildman–Crippen LogP) is 3.55. The van der Waals surface area contributed by atoms with Crippen molar-refractivity contribution in [2.75, 3.05) is 13.7 Å². The second-order valence-corrected chi connectivity index (χ2v) is 6.66. The van der Waals surface area contributed by atoms with Crippen molar-refractivity contribution < 1.29 is 14.6 Å². The van der Waals surface area contributed by atoms with E-state index >= 15 is 0 Å². The zero-order valence-corrected chi connectivity index (χ0v) is 14.3. The van der Waals surface area contributed by atoms with E-state index in [4.69, 9.17) is 17.0 Å². The molecule has 0 saturated carbocycles. The van der Waals surface area contributed by atoms with Gasteiger partial charge in [0.15, 0.2) is 11.5 Å². The number of rotatable bonds is 4. The van der Waals surface area contributed by atoms with Gasteiger partial charge in [-0.25, -0.2) is 0 Å². The lowest BCUT2D eigenvalue weighted by atomic mass is 10.2. The summed E-state index contributed by atoms with van der Waals surface area (Å²) in [5, 5.41) is 9.78. The number of phenolic OH excluding ortho intramolecular Hbond substituents is 1. The molecule has 0 bridgehead atoms. The van der Waals surface area contributed by atoms with Crippen LogP contribution in [-0.4, -0.2) is 33.9 Å². The number of methoxy groups -OCH3 is 1. The van der Waals surface area contributed by atoms with E-state index in [1.54, 1.807) is 24.3 Å². The number of benzene rings is 1. The Bertz CT molecular complexity index is 658. The normalized spacial score (nSPS) is 16.7. The lowest BCUT2D eigenvalue weighted by molar-refractivity contribution is -0.121. The molecular formula is C14H12BrNO3S2. The van der Waals surface area contributed by atoms with Crippen molar-refractivity contribution in [2.24, 2.45) is 0 Å². The van der Waals surface area contributed by atoms with Gasteiger partial charge in [0.05, 0.1) is 16.5 Å². The molecule has 2 rings (SSSR count). The van der Waals surface area contributed by atoms with E-state index in [-0.39, 0.29) is 11.7 Å². The molecule has 0 unspecified atom stereocenters. The summed E-state index contributed by atoms with van der Waals surface area (Å²) in [6, 6.07) is 3.36. The minimum Gasteiger partial charge on any atom is -0.503 e. The van der Waals surface area contributed by atoms with Crippen LogP contribution in [-0.2, 0) is 4.79 Å². The first kappa shape index (κ1) is 16.1. The Morgan fingerprint density at radius 1 is 1.57 bits per heavy atom. The minimum absolute atomic E-state index is 0.0221. The highest BCUT2D eigenvalue weighted by Crippen LogP contribution is 2.38. The Morgan fingerprint density at radius 3 is 2.90 bits per heavy atom. The molecule has 1 heterocycles. The van der Waals surface area contributed by atoms with E-state index < -0.39 is 0 Å². The molecule has 1 saturated heterocycles. The number of nitrogens with zero attached hydrogens (tertiary/aromatic N) is 1. The first-order valence-corrected chi connectivity index (χ1v) is 7.92. The van der Waals surface area contributed by atoms with Crippen LogP contribution in [0.2, 0.25) is 0 Å². The van der Waals surface area contributed by atoms with E-state index in [1.165, 1.54) is 23.8 Å². The summed E-state index contributed by atoms with van der Waals surface area (Å²) >= 11 is 9.67. The van der Waals surface area contributed by atoms with Crippen molar-refractivity contribution >= 4 is 56.2 Å². The highest BCUT2D eigenvalue weighted by Gasteiger charge is 2.31. The fourth-order valence-electron chi connectivity index (χ4n) is 1.77. The molecule has 110 valence electrons. The third-order valence-electron chi connectivity index (χ3n) is 2.75. The molecule has 1 aliphatic rings. The second-order valence-electron chi connectivity index (χ2n) is 4.13. The van der Waals surface area contributed by atoms with Crippen molar-refractivity contribution in [2.45, 2.75) is 0 Å². The molecular weight excluding hydrogens is 374 g/mol. The van der Waals surface area contributed by atoms with Crippen LogP contribution in [0.25, 0.3) is 6.08 Å². The van der Waals surface area contributed by atoms with Crippen LogP contribution in [0.3, 0.4) is 0 Å². The summed E-state index contributed by atoms with van der Waals surface area (Å²) in [7, 11) is 1.47. The van der Waals surface area contributed by atoms with Gasteiger partial charge in [0, 0.05) is 6.54 Å². The van der Waals surface area contributed by atoms with E-state index in [2.05, 4.69) is 22.5 Å². The third kappa shape index (κ3) is 3.30. The second kappa shape index (κ2) is 6.64. The smallest absolute Gasteiger partial charge is 0.266 e. The van der Waals surface area contributed by atoms with Gasteiger partial charge < -0.3 is 9.84 Å². The number of hydrogen-bond donors (Lipinski definition) is 1. The summed E-state index contributed by atoms with van der Waals surface area (Å²) in [6.07, 6.45) is 3.35. The van der Waals surface area contributed by atoms with Gasteiger partial charge >= 0.3 is 0 Å². The van der Waals surface area contributed by atoms with Gasteiger partial charge in [-0.15, -0.1) is 6.58 Å². The van der Waals surface area contributed by atoms with Crippen LogP contribution in [0, 0.1) is 0 Å². The van der Waals surface area contributed by atoms with Crippen LogP contribution in [0.4, 0.5) is 0 Å². The molecule has 1 aromatic carbocycles. The Labute approximate surface area is 140 Å². The van der Waals surface area contributed by atoms with Gasteiger partial charge in [-0.1, -0.05) is 30.1 Å². The minimum atomic E-state index is -0.145. The molecule has 1 fully saturated rings. The zero-order valence-electron chi connectivity index (χ0n) is 11.1. The van der Waals surface area contributed by atoms with Crippen molar-refractivity contribution in [1.82, 2.24) is 4.90 Å². The van der Waals surface area contributed by atoms with E-state index in [9.17, 15) is 9.90 Å². The van der Waals surface area contributed by atoms with E-state index in [0.29, 0.717) is 26.0 Å². The molecule has 1 N–H and O–H groups in total. The highest BCUT2D eigenvalue weighted by molar-refractivity contribution is 9.10. The maximum Gasteiger partial charge on any atom is 0.266 e. The van der Waals surface area contributed by atoms with Gasteiger partial charge in [0.25, 0.3) is 5.91 Å². The van der Waals surface area contributed by atoms with Crippen LogP contribution in [0.15, 0.2) is 34.2 Å². The standard InChI is InChI=1S/C14H12BrNO3S2/c1-3-4-16-13(18)11(21-14(16)20)7-8-5-9(15)12(17)10(6-8)19-2/h3,5-7,17H,1,4H2,2H3/b11-7+. The van der Waals surface area contributed by atoms with E-state index in [0.717, 1.165) is 5.56 Å². The topological polar surface area (TPSA) is 49.8 Å². The average molecular weight is 386 g/mol. The number of carbonyl (C=O) groups excluding carboxylic acids is 1. The quantitative estimate of drug-likeness (QED) is 0.487. The fourth-order valence-corrected chi connectivity index (χ4v) is 3.51. The lowest BCUT2D eigenvalue weighted by Crippen LogP contribution is -2.27. The number of thioether (sulfide) groups is 1. The molecule has 0 spiro atoms. The highest BCUT2D eigenvalue weighted by atomic mass is 79.9. The zero-order chi connectivity index (χ0) is 15.6. The molecule has 1 aliphatic heterocycles. The van der Waals surface area contributed by atoms with Gasteiger partial charge in [-0.3, -0.25) is 9.69 Å². The van der Waals surface area contributed by atoms with E-state index in [1.807, 2.05) is 0 Å². The Kier molecular flexibility index (Phi) is 5.08. The molecule has 0 atom stereocenters. The summed E-state index contributed by atoms with van der Waals surface area (Å²) in [5.74, 6) is 0.208. The number of hydrogen-bond acceptors (Lipinski definition) is 5. The van der Waals surface area contributed by atoms with Gasteiger partial charge in [0.2, 0.25) is 0 Å². The SMILES string of the molecule is C=CCN1C(=O)/C(=C\c2cc(Br)c(O)c(OC)c2)SC1=S. The predicted molar refractivity (Wildman–Crippen MR) is 92.4 cm³/mol. The first-order chi connectivity index (χ1) is 9.97. The molecule has 1 amide bonds. The Hall–Kier alpha value is -1.31. The molecule has 7 heteroatoms. The molecule has 0 radical (unpaired) electrons. The number of phenols is 1. The summed E-state index contributed by atoms with van der Waals surface area (Å²) in [4.78, 5) is 14.2. The number of ether oxygens (including phenoxy) is 1. The molecule has 1 aromatic rings. The summed E-state index contributed by atoms with van der Waals surface area (Å²) in [5.41, 5.74) is 0.732. The number of amides is 1. The van der Waals surface area contributed by atoms with Crippen LogP contribution in [0.5, 0.6) is 11.5 Å². The van der Waals surface area contributed by atoms with Gasteiger partial charge in [-0.05, 0) is 39.7 Å². The Balaban J connectivity index is 2.37. The molecule has 21 heavy (non-hydrogen) atoms. The maximum absolute atomic E-state index is 12.2. The number of halogens is 1. The summed E-state index contributed by atoms with van der Waals surface area (Å²) in [6.45, 7) is 4.01. The number of aromatic hydroxyl groups is 1. The van der Waals surface area contributed by atoms with Crippen LogP contribution in [0.1, 0.15) is 5.56 Å².